The average Bonchev–Trinajstić information content (AvgIpc) is 1.98. The van der Waals surface area contributed by atoms with Gasteiger partial charge in [0.1, 0.15) is 0 Å². The third-order valence-electron chi connectivity index (χ3n) is 1.21. The molecule has 0 amide bonds. The fourth-order valence-electron chi connectivity index (χ4n) is 0.724. The van der Waals surface area contributed by atoms with Crippen molar-refractivity contribution in [3.63, 3.8) is 0 Å². The molecule has 0 atom stereocenters. The zero-order chi connectivity index (χ0) is 8.27. The van der Waals surface area contributed by atoms with Gasteiger partial charge in [0.2, 0.25) is 0 Å². The van der Waals surface area contributed by atoms with Crippen LogP contribution in [0.4, 0.5) is 0 Å². The quantitative estimate of drug-likeness (QED) is 0.642. The van der Waals surface area contributed by atoms with Crippen LogP contribution in [0.5, 0.6) is 0 Å². The zero-order valence-electron chi connectivity index (χ0n) is 5.75. The molecule has 56 valence electrons. The van der Waals surface area contributed by atoms with Gasteiger partial charge < -0.3 is 4.57 Å². The second-order valence-corrected chi connectivity index (χ2v) is 2.93. The number of terminal acetylenes is 1. The van der Waals surface area contributed by atoms with E-state index in [2.05, 4.69) is 21.9 Å². The van der Waals surface area contributed by atoms with Gasteiger partial charge >= 0.3 is 0 Å². The molecule has 3 heteroatoms. The maximum absolute atomic E-state index is 11.0. The minimum absolute atomic E-state index is 0.0776. The fourth-order valence-corrected chi connectivity index (χ4v) is 1.10. The molecule has 0 saturated heterocycles. The van der Waals surface area contributed by atoms with Gasteiger partial charge in [-0.15, -0.1) is 6.42 Å². The molecule has 0 saturated carbocycles. The van der Waals surface area contributed by atoms with Gasteiger partial charge in [-0.2, -0.15) is 0 Å². The van der Waals surface area contributed by atoms with Crippen molar-refractivity contribution in [3.8, 4) is 12.3 Å². The Hall–Kier alpha value is -1.01. The van der Waals surface area contributed by atoms with E-state index in [1.54, 1.807) is 12.3 Å². The molecule has 0 fully saturated rings. The highest BCUT2D eigenvalue weighted by Crippen LogP contribution is 2.04. The minimum atomic E-state index is -0.0776. The van der Waals surface area contributed by atoms with E-state index in [0.29, 0.717) is 6.54 Å². The Kier molecular flexibility index (Phi) is 2.50. The van der Waals surface area contributed by atoms with E-state index in [4.69, 9.17) is 6.42 Å². The lowest BCUT2D eigenvalue weighted by Crippen LogP contribution is -2.17. The first kappa shape index (κ1) is 8.09. The molecular formula is C8H6BrNO. The van der Waals surface area contributed by atoms with Gasteiger partial charge in [-0.1, -0.05) is 5.92 Å². The summed E-state index contributed by atoms with van der Waals surface area (Å²) in [5, 5.41) is 0. The smallest absolute Gasteiger partial charge is 0.251 e. The summed E-state index contributed by atoms with van der Waals surface area (Å²) in [6.45, 7) is 0.318. The average molecular weight is 212 g/mol. The lowest BCUT2D eigenvalue weighted by atomic mass is 10.4. The summed E-state index contributed by atoms with van der Waals surface area (Å²) in [7, 11) is 0. The third kappa shape index (κ3) is 1.95. The molecule has 11 heavy (non-hydrogen) atoms. The predicted octanol–water partition coefficient (Wildman–Crippen LogP) is 1.24. The van der Waals surface area contributed by atoms with Crippen molar-refractivity contribution in [2.45, 2.75) is 6.54 Å². The summed E-state index contributed by atoms with van der Waals surface area (Å²) in [5.41, 5.74) is -0.0776. The molecular weight excluding hydrogens is 206 g/mol. The molecule has 1 aromatic heterocycles. The molecule has 0 spiro atoms. The van der Waals surface area contributed by atoms with Crippen LogP contribution in [0.15, 0.2) is 27.6 Å². The Balaban J connectivity index is 3.15. The van der Waals surface area contributed by atoms with Gasteiger partial charge in [-0.25, -0.2) is 0 Å². The molecule has 0 unspecified atom stereocenters. The minimum Gasteiger partial charge on any atom is -0.303 e. The van der Waals surface area contributed by atoms with E-state index in [1.165, 1.54) is 10.6 Å². The predicted molar refractivity (Wildman–Crippen MR) is 47.2 cm³/mol. The van der Waals surface area contributed by atoms with Crippen LogP contribution in [0.2, 0.25) is 0 Å². The summed E-state index contributed by atoms with van der Waals surface area (Å²) in [4.78, 5) is 11.0. The summed E-state index contributed by atoms with van der Waals surface area (Å²) in [5.74, 6) is 2.39. The largest absolute Gasteiger partial charge is 0.303 e. The Labute approximate surface area is 73.0 Å². The topological polar surface area (TPSA) is 22.0 Å². The van der Waals surface area contributed by atoms with Gasteiger partial charge in [-0.05, 0) is 22.0 Å². The van der Waals surface area contributed by atoms with Gasteiger partial charge in [-0.3, -0.25) is 4.79 Å². The number of hydrogen-bond acceptors (Lipinski definition) is 1. The maximum Gasteiger partial charge on any atom is 0.251 e. The van der Waals surface area contributed by atoms with E-state index in [9.17, 15) is 4.79 Å². The molecule has 2 nitrogen and oxygen atoms in total. The summed E-state index contributed by atoms with van der Waals surface area (Å²) in [6, 6.07) is 3.16. The number of aromatic nitrogens is 1. The summed E-state index contributed by atoms with van der Waals surface area (Å²) in [6.07, 6.45) is 6.72. The van der Waals surface area contributed by atoms with Crippen LogP contribution in [0.1, 0.15) is 0 Å². The normalized spacial score (nSPS) is 9.09. The van der Waals surface area contributed by atoms with E-state index in [1.807, 2.05) is 0 Å². The molecule has 0 N–H and O–H groups in total. The molecule has 0 aliphatic carbocycles. The molecule has 0 bridgehead atoms. The van der Waals surface area contributed by atoms with E-state index < -0.39 is 0 Å². The first-order valence-corrected chi connectivity index (χ1v) is 3.83. The molecule has 0 aromatic carbocycles. The highest BCUT2D eigenvalue weighted by Gasteiger charge is 1.92. The molecule has 1 rings (SSSR count). The Morgan fingerprint density at radius 2 is 2.36 bits per heavy atom. The lowest BCUT2D eigenvalue weighted by molar-refractivity contribution is 0.793. The van der Waals surface area contributed by atoms with Crippen molar-refractivity contribution in [1.82, 2.24) is 4.57 Å². The van der Waals surface area contributed by atoms with Crippen LogP contribution in [-0.4, -0.2) is 4.57 Å². The zero-order valence-corrected chi connectivity index (χ0v) is 7.34. The van der Waals surface area contributed by atoms with Crippen LogP contribution >= 0.6 is 15.9 Å². The fraction of sp³-hybridized carbons (Fsp3) is 0.125. The molecule has 1 heterocycles. The first-order valence-electron chi connectivity index (χ1n) is 3.03. The van der Waals surface area contributed by atoms with Crippen LogP contribution in [0.3, 0.4) is 0 Å². The van der Waals surface area contributed by atoms with Crippen molar-refractivity contribution in [1.29, 1.82) is 0 Å². The van der Waals surface area contributed by atoms with Gasteiger partial charge in [0.05, 0.1) is 6.54 Å². The number of halogens is 1. The van der Waals surface area contributed by atoms with E-state index in [0.717, 1.165) is 4.47 Å². The van der Waals surface area contributed by atoms with Crippen molar-refractivity contribution in [3.05, 3.63) is 33.2 Å². The standard InChI is InChI=1S/C8H6BrNO/c1-2-5-10-6-7(9)3-4-8(10)11/h1,3-4,6H,5H2. The van der Waals surface area contributed by atoms with Gasteiger partial charge in [0, 0.05) is 16.7 Å². The molecule has 0 aliphatic heterocycles. The Morgan fingerprint density at radius 3 is 3.00 bits per heavy atom. The summed E-state index contributed by atoms with van der Waals surface area (Å²) < 4.78 is 2.32. The highest BCUT2D eigenvalue weighted by atomic mass is 79.9. The van der Waals surface area contributed by atoms with Crippen molar-refractivity contribution in [2.24, 2.45) is 0 Å². The van der Waals surface area contributed by atoms with E-state index >= 15 is 0 Å². The van der Waals surface area contributed by atoms with E-state index in [-0.39, 0.29) is 5.56 Å². The number of pyridine rings is 1. The third-order valence-corrected chi connectivity index (χ3v) is 1.68. The van der Waals surface area contributed by atoms with Crippen LogP contribution in [0.25, 0.3) is 0 Å². The first-order chi connectivity index (χ1) is 5.24. The Bertz CT molecular complexity index is 348. The maximum atomic E-state index is 11.0. The SMILES string of the molecule is C#CCn1cc(Br)ccc1=O. The Morgan fingerprint density at radius 1 is 1.64 bits per heavy atom. The van der Waals surface area contributed by atoms with Gasteiger partial charge in [0.15, 0.2) is 0 Å². The molecule has 1 aromatic rings. The lowest BCUT2D eigenvalue weighted by Gasteiger charge is -1.98. The molecule has 0 radical (unpaired) electrons. The number of hydrogen-bond donors (Lipinski definition) is 0. The number of rotatable bonds is 1. The highest BCUT2D eigenvalue weighted by molar-refractivity contribution is 9.10. The van der Waals surface area contributed by atoms with Gasteiger partial charge in [0.25, 0.3) is 5.56 Å². The van der Waals surface area contributed by atoms with Crippen molar-refractivity contribution < 1.29 is 0 Å². The second kappa shape index (κ2) is 3.40. The van der Waals surface area contributed by atoms with Crippen LogP contribution in [-0.2, 0) is 6.54 Å². The number of nitrogens with zero attached hydrogens (tertiary/aromatic N) is 1. The monoisotopic (exact) mass is 211 g/mol. The molecule has 0 aliphatic rings. The van der Waals surface area contributed by atoms with Crippen molar-refractivity contribution >= 4 is 15.9 Å². The van der Waals surface area contributed by atoms with Crippen LogP contribution < -0.4 is 5.56 Å². The van der Waals surface area contributed by atoms with Crippen molar-refractivity contribution in [2.75, 3.05) is 0 Å². The summed E-state index contributed by atoms with van der Waals surface area (Å²) >= 11 is 3.24. The second-order valence-electron chi connectivity index (χ2n) is 2.02. The van der Waals surface area contributed by atoms with Crippen LogP contribution in [0, 0.1) is 12.3 Å².